The Bertz CT molecular complexity index is 687. The van der Waals surface area contributed by atoms with E-state index in [1.165, 1.54) is 11.1 Å². The van der Waals surface area contributed by atoms with Crippen LogP contribution in [0.2, 0.25) is 0 Å². The SMILES string of the molecule is CN=C(NCc1nccn1CC(C)C)NCC(C)c1cccc(C)c1. The number of imidazole rings is 1. The molecule has 0 aliphatic carbocycles. The third-order valence-corrected chi connectivity index (χ3v) is 4.19. The van der Waals surface area contributed by atoms with Gasteiger partial charge in [-0.3, -0.25) is 4.99 Å². The van der Waals surface area contributed by atoms with Gasteiger partial charge in [-0.2, -0.15) is 0 Å². The summed E-state index contributed by atoms with van der Waals surface area (Å²) in [5.41, 5.74) is 2.64. The maximum absolute atomic E-state index is 4.45. The van der Waals surface area contributed by atoms with Crippen LogP contribution < -0.4 is 10.6 Å². The van der Waals surface area contributed by atoms with E-state index in [1.54, 1.807) is 7.05 Å². The Kier molecular flexibility index (Phi) is 7.04. The number of aliphatic imine (C=N–C) groups is 1. The molecule has 0 spiro atoms. The average Bonchev–Trinajstić information content (AvgIpc) is 3.01. The van der Waals surface area contributed by atoms with Gasteiger partial charge >= 0.3 is 0 Å². The first-order chi connectivity index (χ1) is 12.0. The van der Waals surface area contributed by atoms with Crippen molar-refractivity contribution in [1.82, 2.24) is 20.2 Å². The molecule has 1 heterocycles. The van der Waals surface area contributed by atoms with Crippen LogP contribution >= 0.6 is 0 Å². The van der Waals surface area contributed by atoms with Gasteiger partial charge in [0.05, 0.1) is 6.54 Å². The first-order valence-corrected chi connectivity index (χ1v) is 9.00. The lowest BCUT2D eigenvalue weighted by atomic mass is 9.99. The van der Waals surface area contributed by atoms with Crippen LogP contribution in [0.5, 0.6) is 0 Å². The van der Waals surface area contributed by atoms with E-state index < -0.39 is 0 Å². The van der Waals surface area contributed by atoms with E-state index in [0.717, 1.165) is 24.9 Å². The van der Waals surface area contributed by atoms with Crippen LogP contribution in [-0.2, 0) is 13.1 Å². The predicted molar refractivity (Wildman–Crippen MR) is 105 cm³/mol. The number of aryl methyl sites for hydroxylation is 1. The summed E-state index contributed by atoms with van der Waals surface area (Å²) in [5.74, 6) is 2.85. The van der Waals surface area contributed by atoms with E-state index in [2.05, 4.69) is 77.1 Å². The number of guanidine groups is 1. The molecule has 0 bridgehead atoms. The second kappa shape index (κ2) is 9.25. The van der Waals surface area contributed by atoms with Gasteiger partial charge in [-0.05, 0) is 24.3 Å². The molecule has 0 saturated carbocycles. The van der Waals surface area contributed by atoms with Gasteiger partial charge in [0.15, 0.2) is 5.96 Å². The van der Waals surface area contributed by atoms with Crippen molar-refractivity contribution >= 4 is 5.96 Å². The molecule has 2 rings (SSSR count). The van der Waals surface area contributed by atoms with E-state index in [-0.39, 0.29) is 0 Å². The lowest BCUT2D eigenvalue weighted by molar-refractivity contribution is 0.503. The first kappa shape index (κ1) is 19.0. The van der Waals surface area contributed by atoms with Crippen molar-refractivity contribution in [3.05, 3.63) is 53.6 Å². The topological polar surface area (TPSA) is 54.2 Å². The fourth-order valence-electron chi connectivity index (χ4n) is 2.79. The van der Waals surface area contributed by atoms with E-state index in [1.807, 2.05) is 12.4 Å². The molecule has 5 nitrogen and oxygen atoms in total. The normalized spacial score (nSPS) is 13.1. The molecule has 2 aromatic rings. The molecule has 0 amide bonds. The Balaban J connectivity index is 1.86. The number of benzene rings is 1. The number of hydrogen-bond donors (Lipinski definition) is 2. The molecule has 1 aromatic carbocycles. The number of nitrogens with one attached hydrogen (secondary N) is 2. The second-order valence-electron chi connectivity index (χ2n) is 7.01. The fraction of sp³-hybridized carbons (Fsp3) is 0.500. The molecule has 0 radical (unpaired) electrons. The van der Waals surface area contributed by atoms with Crippen LogP contribution in [0.15, 0.2) is 41.7 Å². The fourth-order valence-corrected chi connectivity index (χ4v) is 2.79. The van der Waals surface area contributed by atoms with E-state index in [4.69, 9.17) is 0 Å². The molecular formula is C20H31N5. The lowest BCUT2D eigenvalue weighted by Gasteiger charge is -2.17. The molecule has 0 fully saturated rings. The van der Waals surface area contributed by atoms with Gasteiger partial charge in [0.2, 0.25) is 0 Å². The Morgan fingerprint density at radius 1 is 1.24 bits per heavy atom. The maximum Gasteiger partial charge on any atom is 0.191 e. The first-order valence-electron chi connectivity index (χ1n) is 9.00. The molecule has 0 aliphatic heterocycles. The zero-order valence-corrected chi connectivity index (χ0v) is 16.1. The van der Waals surface area contributed by atoms with Crippen LogP contribution in [0.3, 0.4) is 0 Å². The number of hydrogen-bond acceptors (Lipinski definition) is 2. The minimum Gasteiger partial charge on any atom is -0.356 e. The molecule has 1 aromatic heterocycles. The summed E-state index contributed by atoms with van der Waals surface area (Å²) in [6.07, 6.45) is 3.89. The minimum atomic E-state index is 0.418. The molecule has 5 heteroatoms. The van der Waals surface area contributed by atoms with E-state index in [0.29, 0.717) is 18.4 Å². The second-order valence-corrected chi connectivity index (χ2v) is 7.01. The number of rotatable bonds is 7. The monoisotopic (exact) mass is 341 g/mol. The molecule has 136 valence electrons. The van der Waals surface area contributed by atoms with Crippen molar-refractivity contribution in [2.24, 2.45) is 10.9 Å². The van der Waals surface area contributed by atoms with Gasteiger partial charge < -0.3 is 15.2 Å². The Morgan fingerprint density at radius 2 is 2.04 bits per heavy atom. The number of aromatic nitrogens is 2. The zero-order valence-electron chi connectivity index (χ0n) is 16.1. The van der Waals surface area contributed by atoms with Gasteiger partial charge in [-0.25, -0.2) is 4.98 Å². The summed E-state index contributed by atoms with van der Waals surface area (Å²) in [6, 6.07) is 8.66. The highest BCUT2D eigenvalue weighted by Crippen LogP contribution is 2.15. The minimum absolute atomic E-state index is 0.418. The third-order valence-electron chi connectivity index (χ3n) is 4.19. The van der Waals surface area contributed by atoms with Crippen LogP contribution in [0.1, 0.15) is 43.6 Å². The van der Waals surface area contributed by atoms with Crippen molar-refractivity contribution in [1.29, 1.82) is 0 Å². The van der Waals surface area contributed by atoms with Crippen LogP contribution in [0.4, 0.5) is 0 Å². The van der Waals surface area contributed by atoms with Gasteiger partial charge in [0.25, 0.3) is 0 Å². The van der Waals surface area contributed by atoms with Crippen molar-refractivity contribution in [2.75, 3.05) is 13.6 Å². The number of nitrogens with zero attached hydrogens (tertiary/aromatic N) is 3. The quantitative estimate of drug-likeness (QED) is 0.600. The van der Waals surface area contributed by atoms with Crippen molar-refractivity contribution < 1.29 is 0 Å². The summed E-state index contributed by atoms with van der Waals surface area (Å²) in [4.78, 5) is 8.76. The molecular weight excluding hydrogens is 310 g/mol. The summed E-state index contributed by atoms with van der Waals surface area (Å²) < 4.78 is 2.19. The van der Waals surface area contributed by atoms with Gasteiger partial charge in [-0.1, -0.05) is 50.6 Å². The predicted octanol–water partition coefficient (Wildman–Crippen LogP) is 3.32. The van der Waals surface area contributed by atoms with E-state index >= 15 is 0 Å². The smallest absolute Gasteiger partial charge is 0.191 e. The summed E-state index contributed by atoms with van der Waals surface area (Å²) in [6.45, 7) is 11.3. The largest absolute Gasteiger partial charge is 0.356 e. The molecule has 2 N–H and O–H groups in total. The molecule has 1 unspecified atom stereocenters. The molecule has 0 saturated heterocycles. The third kappa shape index (κ3) is 5.93. The molecule has 0 aliphatic rings. The highest BCUT2D eigenvalue weighted by Gasteiger charge is 2.09. The Hall–Kier alpha value is -2.30. The van der Waals surface area contributed by atoms with Crippen molar-refractivity contribution in [3.63, 3.8) is 0 Å². The average molecular weight is 342 g/mol. The Labute approximate surface area is 151 Å². The van der Waals surface area contributed by atoms with Gasteiger partial charge in [0, 0.05) is 32.5 Å². The summed E-state index contributed by atoms with van der Waals surface area (Å²) >= 11 is 0. The summed E-state index contributed by atoms with van der Waals surface area (Å²) in [5, 5.41) is 6.77. The van der Waals surface area contributed by atoms with Crippen LogP contribution in [-0.4, -0.2) is 29.1 Å². The summed E-state index contributed by atoms with van der Waals surface area (Å²) in [7, 11) is 1.80. The van der Waals surface area contributed by atoms with E-state index in [9.17, 15) is 0 Å². The van der Waals surface area contributed by atoms with Gasteiger partial charge in [0.1, 0.15) is 5.82 Å². The molecule has 25 heavy (non-hydrogen) atoms. The highest BCUT2D eigenvalue weighted by atomic mass is 15.2. The van der Waals surface area contributed by atoms with Crippen LogP contribution in [0, 0.1) is 12.8 Å². The zero-order chi connectivity index (χ0) is 18.2. The standard InChI is InChI=1S/C20H31N5/c1-15(2)14-25-10-9-22-19(25)13-24-20(21-5)23-12-17(4)18-8-6-7-16(3)11-18/h6-11,15,17H,12-14H2,1-5H3,(H2,21,23,24). The highest BCUT2D eigenvalue weighted by molar-refractivity contribution is 5.79. The lowest BCUT2D eigenvalue weighted by Crippen LogP contribution is -2.39. The van der Waals surface area contributed by atoms with Gasteiger partial charge in [-0.15, -0.1) is 0 Å². The Morgan fingerprint density at radius 3 is 2.72 bits per heavy atom. The van der Waals surface area contributed by atoms with Crippen molar-refractivity contribution in [2.45, 2.75) is 46.7 Å². The van der Waals surface area contributed by atoms with Crippen LogP contribution in [0.25, 0.3) is 0 Å². The maximum atomic E-state index is 4.45. The molecule has 1 atom stereocenters. The van der Waals surface area contributed by atoms with Crippen molar-refractivity contribution in [3.8, 4) is 0 Å².